The van der Waals surface area contributed by atoms with Crippen LogP contribution in [0.1, 0.15) is 21.5 Å². The predicted molar refractivity (Wildman–Crippen MR) is 109 cm³/mol. The van der Waals surface area contributed by atoms with E-state index in [4.69, 9.17) is 23.2 Å². The molecule has 0 atom stereocenters. The maximum atomic E-state index is 11.2. The highest BCUT2D eigenvalue weighted by molar-refractivity contribution is 6.18. The van der Waals surface area contributed by atoms with Crippen LogP contribution in [0.25, 0.3) is 0 Å². The number of carboxylic acids is 1. The lowest BCUT2D eigenvalue weighted by molar-refractivity contribution is 0.0698. The molecule has 2 N–H and O–H groups in total. The van der Waals surface area contributed by atoms with Crippen molar-refractivity contribution in [2.45, 2.75) is 6.92 Å². The van der Waals surface area contributed by atoms with Gasteiger partial charge in [-0.3, -0.25) is 5.43 Å². The van der Waals surface area contributed by atoms with E-state index in [9.17, 15) is 9.90 Å². The van der Waals surface area contributed by atoms with Gasteiger partial charge in [-0.25, -0.2) is 4.79 Å². The SMILES string of the molecule is Cc1cc(N(CCCl)CCCl)ccc1C=NNc1ccccc1C(=O)O. The number of hydrazone groups is 1. The molecule has 0 aromatic heterocycles. The van der Waals surface area contributed by atoms with Crippen LogP contribution in [0.3, 0.4) is 0 Å². The van der Waals surface area contributed by atoms with Crippen molar-refractivity contribution in [2.75, 3.05) is 35.2 Å². The molecule has 0 fully saturated rings. The van der Waals surface area contributed by atoms with E-state index < -0.39 is 5.97 Å². The average Bonchev–Trinajstić information content (AvgIpc) is 2.63. The Morgan fingerprint density at radius 1 is 1.19 bits per heavy atom. The van der Waals surface area contributed by atoms with Crippen LogP contribution < -0.4 is 10.3 Å². The van der Waals surface area contributed by atoms with Crippen molar-refractivity contribution in [1.82, 2.24) is 0 Å². The van der Waals surface area contributed by atoms with E-state index in [2.05, 4.69) is 21.5 Å². The first-order chi connectivity index (χ1) is 12.6. The number of nitrogens with one attached hydrogen (secondary N) is 1. The third kappa shape index (κ3) is 5.38. The van der Waals surface area contributed by atoms with Crippen LogP contribution >= 0.6 is 23.2 Å². The molecule has 0 aliphatic heterocycles. The Morgan fingerprint density at radius 3 is 2.50 bits per heavy atom. The monoisotopic (exact) mass is 393 g/mol. The lowest BCUT2D eigenvalue weighted by Gasteiger charge is -2.23. The maximum Gasteiger partial charge on any atom is 0.337 e. The first kappa shape index (κ1) is 20.1. The van der Waals surface area contributed by atoms with Crippen molar-refractivity contribution in [3.8, 4) is 0 Å². The molecule has 0 amide bonds. The van der Waals surface area contributed by atoms with E-state index in [1.165, 1.54) is 6.07 Å². The summed E-state index contributed by atoms with van der Waals surface area (Å²) < 4.78 is 0. The Labute approximate surface area is 163 Å². The highest BCUT2D eigenvalue weighted by Gasteiger charge is 2.08. The zero-order valence-corrected chi connectivity index (χ0v) is 16.0. The van der Waals surface area contributed by atoms with Crippen LogP contribution in [-0.4, -0.2) is 42.1 Å². The van der Waals surface area contributed by atoms with Gasteiger partial charge in [0, 0.05) is 30.5 Å². The Hall–Kier alpha value is -2.24. The summed E-state index contributed by atoms with van der Waals surface area (Å²) in [5.74, 6) is 0.0699. The minimum Gasteiger partial charge on any atom is -0.478 e. The van der Waals surface area contributed by atoms with Gasteiger partial charge in [0.25, 0.3) is 0 Å². The molecule has 2 aromatic carbocycles. The molecule has 2 rings (SSSR count). The second-order valence-electron chi connectivity index (χ2n) is 5.63. The van der Waals surface area contributed by atoms with E-state index in [1.54, 1.807) is 24.4 Å². The minimum absolute atomic E-state index is 0.175. The first-order valence-electron chi connectivity index (χ1n) is 8.15. The fraction of sp³-hybridized carbons (Fsp3) is 0.263. The highest BCUT2D eigenvalue weighted by atomic mass is 35.5. The van der Waals surface area contributed by atoms with E-state index in [1.807, 2.05) is 19.1 Å². The van der Waals surface area contributed by atoms with Gasteiger partial charge in [-0.2, -0.15) is 5.10 Å². The van der Waals surface area contributed by atoms with Gasteiger partial charge in [-0.05, 0) is 42.3 Å². The smallest absolute Gasteiger partial charge is 0.337 e. The summed E-state index contributed by atoms with van der Waals surface area (Å²) in [6, 6.07) is 12.7. The van der Waals surface area contributed by atoms with Gasteiger partial charge in [-0.15, -0.1) is 23.2 Å². The number of nitrogens with zero attached hydrogens (tertiary/aromatic N) is 2. The number of anilines is 2. The first-order valence-corrected chi connectivity index (χ1v) is 9.22. The van der Waals surface area contributed by atoms with Crippen molar-refractivity contribution in [3.05, 3.63) is 59.2 Å². The number of alkyl halides is 2. The summed E-state index contributed by atoms with van der Waals surface area (Å²) in [4.78, 5) is 13.3. The molecule has 0 unspecified atom stereocenters. The second-order valence-corrected chi connectivity index (χ2v) is 6.38. The van der Waals surface area contributed by atoms with E-state index in [0.29, 0.717) is 17.4 Å². The maximum absolute atomic E-state index is 11.2. The number of halogens is 2. The normalized spacial score (nSPS) is 10.9. The number of aromatic carboxylic acids is 1. The number of carbonyl (C=O) groups is 1. The number of hydrogen-bond acceptors (Lipinski definition) is 4. The summed E-state index contributed by atoms with van der Waals surface area (Å²) in [5.41, 5.74) is 6.46. The van der Waals surface area contributed by atoms with Crippen LogP contribution in [-0.2, 0) is 0 Å². The predicted octanol–water partition coefficient (Wildman–Crippen LogP) is 4.42. The topological polar surface area (TPSA) is 64.9 Å². The van der Waals surface area contributed by atoms with Crippen molar-refractivity contribution in [2.24, 2.45) is 5.10 Å². The number of hydrogen-bond donors (Lipinski definition) is 2. The quantitative estimate of drug-likeness (QED) is 0.375. The molecule has 2 aromatic rings. The summed E-state index contributed by atoms with van der Waals surface area (Å²) in [6.45, 7) is 3.46. The zero-order valence-electron chi connectivity index (χ0n) is 14.5. The fourth-order valence-electron chi connectivity index (χ4n) is 2.51. The van der Waals surface area contributed by atoms with E-state index in [-0.39, 0.29) is 5.56 Å². The molecular formula is C19H21Cl2N3O2. The number of aryl methyl sites for hydroxylation is 1. The molecule has 0 aliphatic rings. The van der Waals surface area contributed by atoms with E-state index in [0.717, 1.165) is 29.9 Å². The van der Waals surface area contributed by atoms with E-state index >= 15 is 0 Å². The molecule has 26 heavy (non-hydrogen) atoms. The lowest BCUT2D eigenvalue weighted by atomic mass is 10.1. The molecule has 138 valence electrons. The summed E-state index contributed by atoms with van der Waals surface area (Å²) >= 11 is 11.7. The zero-order chi connectivity index (χ0) is 18.9. The fourth-order valence-corrected chi connectivity index (χ4v) is 2.92. The number of carboxylic acid groups (broad SMARTS) is 1. The molecule has 0 heterocycles. The molecule has 0 aliphatic carbocycles. The summed E-state index contributed by atoms with van der Waals surface area (Å²) in [7, 11) is 0. The molecule has 5 nitrogen and oxygen atoms in total. The van der Waals surface area contributed by atoms with Gasteiger partial charge in [0.2, 0.25) is 0 Å². The van der Waals surface area contributed by atoms with Crippen molar-refractivity contribution in [1.29, 1.82) is 0 Å². The summed E-state index contributed by atoms with van der Waals surface area (Å²) in [5, 5.41) is 13.3. The second kappa shape index (κ2) is 10.0. The molecule has 0 bridgehead atoms. The molecule has 7 heteroatoms. The Bertz CT molecular complexity index is 775. The van der Waals surface area contributed by atoms with Crippen LogP contribution in [0.15, 0.2) is 47.6 Å². The third-order valence-corrected chi connectivity index (χ3v) is 4.21. The number of rotatable bonds is 9. The molecular weight excluding hydrogens is 373 g/mol. The average molecular weight is 394 g/mol. The Morgan fingerprint density at radius 2 is 1.88 bits per heavy atom. The van der Waals surface area contributed by atoms with Gasteiger partial charge >= 0.3 is 5.97 Å². The number of benzene rings is 2. The largest absolute Gasteiger partial charge is 0.478 e. The molecule has 0 spiro atoms. The van der Waals surface area contributed by atoms with Gasteiger partial charge in [-0.1, -0.05) is 18.2 Å². The number of para-hydroxylation sites is 1. The van der Waals surface area contributed by atoms with Crippen LogP contribution in [0, 0.1) is 6.92 Å². The Balaban J connectivity index is 2.13. The van der Waals surface area contributed by atoms with Crippen molar-refractivity contribution >= 4 is 46.8 Å². The molecule has 0 saturated heterocycles. The third-order valence-electron chi connectivity index (χ3n) is 3.87. The van der Waals surface area contributed by atoms with Crippen LogP contribution in [0.5, 0.6) is 0 Å². The van der Waals surface area contributed by atoms with Crippen molar-refractivity contribution < 1.29 is 9.90 Å². The van der Waals surface area contributed by atoms with Gasteiger partial charge in [0.1, 0.15) is 0 Å². The van der Waals surface area contributed by atoms with Gasteiger partial charge < -0.3 is 10.0 Å². The van der Waals surface area contributed by atoms with Crippen LogP contribution in [0.4, 0.5) is 11.4 Å². The highest BCUT2D eigenvalue weighted by Crippen LogP contribution is 2.19. The standard InChI is InChI=1S/C19H21Cl2N3O2/c1-14-12-16(24(10-8-20)11-9-21)7-6-15(14)13-22-23-18-5-3-2-4-17(18)19(25)26/h2-7,12-13,23H,8-11H2,1H3,(H,25,26). The molecule has 0 saturated carbocycles. The van der Waals surface area contributed by atoms with Crippen molar-refractivity contribution in [3.63, 3.8) is 0 Å². The molecule has 0 radical (unpaired) electrons. The van der Waals surface area contributed by atoms with Gasteiger partial charge in [0.05, 0.1) is 17.5 Å². The Kier molecular flexibility index (Phi) is 7.75. The minimum atomic E-state index is -0.998. The van der Waals surface area contributed by atoms with Gasteiger partial charge in [0.15, 0.2) is 0 Å². The lowest BCUT2D eigenvalue weighted by Crippen LogP contribution is -2.27. The summed E-state index contributed by atoms with van der Waals surface area (Å²) in [6.07, 6.45) is 1.67. The van der Waals surface area contributed by atoms with Crippen LogP contribution in [0.2, 0.25) is 0 Å².